The highest BCUT2D eigenvalue weighted by molar-refractivity contribution is 5.71. The minimum Gasteiger partial charge on any atom is -0.466 e. The third-order valence-electron chi connectivity index (χ3n) is 13.7. The van der Waals surface area contributed by atoms with Crippen molar-refractivity contribution >= 4 is 42.0 Å². The van der Waals surface area contributed by atoms with Gasteiger partial charge in [0.2, 0.25) is 0 Å². The van der Waals surface area contributed by atoms with Gasteiger partial charge in [0.25, 0.3) is 0 Å². The van der Waals surface area contributed by atoms with E-state index in [4.69, 9.17) is 37.9 Å². The van der Waals surface area contributed by atoms with E-state index in [1.165, 1.54) is 77.0 Å². The van der Waals surface area contributed by atoms with E-state index in [0.29, 0.717) is 84.0 Å². The predicted octanol–water partition coefficient (Wildman–Crippen LogP) is 14.2. The maximum Gasteiger partial charge on any atom is 0.508 e. The molecule has 450 valence electrons. The van der Waals surface area contributed by atoms with Crippen molar-refractivity contribution in [3.63, 3.8) is 0 Å². The fourth-order valence-electron chi connectivity index (χ4n) is 8.50. The van der Waals surface area contributed by atoms with Crippen LogP contribution in [0.3, 0.4) is 0 Å². The minimum absolute atomic E-state index is 0.0392. The van der Waals surface area contributed by atoms with Crippen LogP contribution in [0.1, 0.15) is 272 Å². The van der Waals surface area contributed by atoms with Gasteiger partial charge >= 0.3 is 42.0 Å². The van der Waals surface area contributed by atoms with E-state index in [1.54, 1.807) is 0 Å². The summed E-state index contributed by atoms with van der Waals surface area (Å²) in [4.78, 5) is 91.6. The van der Waals surface area contributed by atoms with Crippen molar-refractivity contribution in [2.45, 2.75) is 272 Å². The van der Waals surface area contributed by atoms with Crippen LogP contribution in [0.5, 0.6) is 0 Å². The van der Waals surface area contributed by atoms with Crippen LogP contribution in [0.15, 0.2) is 0 Å². The zero-order chi connectivity index (χ0) is 56.7. The quantitative estimate of drug-likeness (QED) is 0.0316. The molecule has 0 aliphatic rings. The van der Waals surface area contributed by atoms with E-state index in [9.17, 15) is 33.6 Å². The molecule has 0 spiro atoms. The normalized spacial score (nSPS) is 11.3. The predicted molar refractivity (Wildman–Crippen MR) is 301 cm³/mol. The van der Waals surface area contributed by atoms with Crippen LogP contribution in [0, 0.1) is 5.41 Å². The van der Waals surface area contributed by atoms with E-state index < -0.39 is 55.9 Å². The van der Waals surface area contributed by atoms with Crippen molar-refractivity contribution in [2.75, 3.05) is 72.5 Å². The molecule has 0 amide bonds. The summed E-state index contributed by atoms with van der Waals surface area (Å²) in [6, 6.07) is 0. The molecule has 0 aliphatic carbocycles. The van der Waals surface area contributed by atoms with Gasteiger partial charge in [-0.3, -0.25) is 28.8 Å². The number of hydrogen-bond donors (Lipinski definition) is 0. The fourth-order valence-corrected chi connectivity index (χ4v) is 8.50. The van der Waals surface area contributed by atoms with Crippen LogP contribution < -0.4 is 0 Å². The monoisotopic (exact) mass is 1100 g/mol. The fraction of sp³-hybridized carbons (Fsp3) is 0.885. The van der Waals surface area contributed by atoms with E-state index in [0.717, 1.165) is 77.4 Å². The lowest BCUT2D eigenvalue weighted by molar-refractivity contribution is -0.166. The Hall–Kier alpha value is -3.95. The van der Waals surface area contributed by atoms with Gasteiger partial charge in [-0.25, -0.2) is 4.79 Å². The maximum atomic E-state index is 13.2. The molecule has 0 radical (unpaired) electrons. The summed E-state index contributed by atoms with van der Waals surface area (Å²) in [6.45, 7) is 12.8. The number of ether oxygens (including phenoxy) is 8. The summed E-state index contributed by atoms with van der Waals surface area (Å²) < 4.78 is 44.4. The number of hydrogen-bond acceptors (Lipinski definition) is 16. The van der Waals surface area contributed by atoms with Crippen LogP contribution in [0.25, 0.3) is 0 Å². The second-order valence-corrected chi connectivity index (χ2v) is 21.0. The molecule has 0 aromatic heterocycles. The number of rotatable bonds is 56. The van der Waals surface area contributed by atoms with Gasteiger partial charge in [-0.1, -0.05) is 169 Å². The average molecular weight is 1100 g/mol. The highest BCUT2D eigenvalue weighted by Crippen LogP contribution is 2.24. The Morgan fingerprint density at radius 2 is 0.519 bits per heavy atom. The molecule has 0 bridgehead atoms. The molecule has 0 unspecified atom stereocenters. The molecule has 16 heteroatoms. The number of esters is 6. The van der Waals surface area contributed by atoms with Crippen LogP contribution in [-0.2, 0) is 66.7 Å². The van der Waals surface area contributed by atoms with Crippen molar-refractivity contribution in [1.29, 1.82) is 0 Å². The minimum atomic E-state index is -1.49. The van der Waals surface area contributed by atoms with Crippen LogP contribution >= 0.6 is 0 Å². The summed E-state index contributed by atoms with van der Waals surface area (Å²) in [5, 5.41) is 0. The van der Waals surface area contributed by atoms with Gasteiger partial charge in [-0.05, 0) is 77.3 Å². The Balaban J connectivity index is 5.56. The highest BCUT2D eigenvalue weighted by Gasteiger charge is 2.38. The molecule has 0 saturated carbocycles. The third-order valence-corrected chi connectivity index (χ3v) is 13.7. The van der Waals surface area contributed by atoms with Crippen LogP contribution in [-0.4, -0.2) is 119 Å². The van der Waals surface area contributed by atoms with Gasteiger partial charge in [0.05, 0.1) is 26.4 Å². The first-order valence-electron chi connectivity index (χ1n) is 30.9. The first-order chi connectivity index (χ1) is 37.4. The Morgan fingerprint density at radius 1 is 0.273 bits per heavy atom. The SMILES string of the molecule is CCCCCCCCCOC(=O)CCCCCC(=O)OCC(COC(=O)CCCCCC(=O)OCCCCCCCCC)(COC(=O)CCCCCC(=O)OCCCCCCCCC)COC(=O)OCCCN(CC)CC. The zero-order valence-electron chi connectivity index (χ0n) is 49.5. The molecular weight excluding hydrogens is 987 g/mol. The van der Waals surface area contributed by atoms with Crippen molar-refractivity contribution in [3.05, 3.63) is 0 Å². The van der Waals surface area contributed by atoms with Crippen LogP contribution in [0.2, 0.25) is 0 Å². The lowest BCUT2D eigenvalue weighted by Gasteiger charge is -2.31. The van der Waals surface area contributed by atoms with Crippen molar-refractivity contribution < 1.29 is 71.5 Å². The Bertz CT molecular complexity index is 1330. The highest BCUT2D eigenvalue weighted by atomic mass is 16.7. The molecule has 0 fully saturated rings. The molecule has 0 N–H and O–H groups in total. The first kappa shape index (κ1) is 73.0. The largest absolute Gasteiger partial charge is 0.508 e. The summed E-state index contributed by atoms with van der Waals surface area (Å²) in [6.07, 6.45) is 29.1. The third kappa shape index (κ3) is 48.9. The van der Waals surface area contributed by atoms with Gasteiger partial charge in [-0.15, -0.1) is 0 Å². The molecule has 0 aliphatic heterocycles. The van der Waals surface area contributed by atoms with E-state index >= 15 is 0 Å². The second kappa shape index (κ2) is 54.0. The molecule has 16 nitrogen and oxygen atoms in total. The van der Waals surface area contributed by atoms with Crippen molar-refractivity contribution in [1.82, 2.24) is 4.90 Å². The summed E-state index contributed by atoms with van der Waals surface area (Å²) in [5.41, 5.74) is -1.49. The number of carbonyl (C=O) groups excluding carboxylic acids is 7. The van der Waals surface area contributed by atoms with Crippen molar-refractivity contribution in [3.8, 4) is 0 Å². The average Bonchev–Trinajstić information content (AvgIpc) is 3.42. The molecule has 0 aromatic carbocycles. The van der Waals surface area contributed by atoms with Gasteiger partial charge < -0.3 is 42.8 Å². The Labute approximate surface area is 466 Å². The van der Waals surface area contributed by atoms with Gasteiger partial charge in [0, 0.05) is 45.1 Å². The topological polar surface area (TPSA) is 197 Å². The standard InChI is InChI=1S/C61H111NO15/c1-6-11-14-17-20-23-35-46-70-54(63)39-29-26-32-42-57(66)74-50-61(53-77-60(69)73-49-38-45-62(9-4)10-5,51-75-58(67)43-33-27-30-40-55(64)71-47-36-24-21-18-15-12-7-2)52-76-59(68)44-34-28-31-41-56(65)72-48-37-25-22-19-16-13-8-3/h6-53H2,1-5H3. The zero-order valence-corrected chi connectivity index (χ0v) is 49.5. The maximum absolute atomic E-state index is 13.2. The summed E-state index contributed by atoms with van der Waals surface area (Å²) in [7, 11) is 0. The van der Waals surface area contributed by atoms with Gasteiger partial charge in [0.1, 0.15) is 31.8 Å². The molecule has 0 aromatic rings. The van der Waals surface area contributed by atoms with Gasteiger partial charge in [-0.2, -0.15) is 0 Å². The van der Waals surface area contributed by atoms with Gasteiger partial charge in [0.15, 0.2) is 0 Å². The number of unbranched alkanes of at least 4 members (excludes halogenated alkanes) is 24. The van der Waals surface area contributed by atoms with Crippen LogP contribution in [0.4, 0.5) is 4.79 Å². The molecule has 0 rings (SSSR count). The first-order valence-corrected chi connectivity index (χ1v) is 30.9. The van der Waals surface area contributed by atoms with Crippen molar-refractivity contribution in [2.24, 2.45) is 5.41 Å². The molecule has 0 heterocycles. The Kier molecular flexibility index (Phi) is 51.3. The number of nitrogens with zero attached hydrogens (tertiary/aromatic N) is 1. The lowest BCUT2D eigenvalue weighted by Crippen LogP contribution is -2.44. The summed E-state index contributed by atoms with van der Waals surface area (Å²) in [5.74, 6) is -2.44. The molecule has 0 saturated heterocycles. The molecular formula is C61H111NO15. The summed E-state index contributed by atoms with van der Waals surface area (Å²) >= 11 is 0. The smallest absolute Gasteiger partial charge is 0.466 e. The van der Waals surface area contributed by atoms with E-state index in [-0.39, 0.29) is 63.0 Å². The van der Waals surface area contributed by atoms with E-state index in [2.05, 4.69) is 39.5 Å². The van der Waals surface area contributed by atoms with E-state index in [1.807, 2.05) is 0 Å². The molecule has 0 atom stereocenters. The lowest BCUT2D eigenvalue weighted by atomic mass is 9.92. The Morgan fingerprint density at radius 3 is 0.818 bits per heavy atom. The molecule has 77 heavy (non-hydrogen) atoms. The second-order valence-electron chi connectivity index (χ2n) is 21.0. The number of carbonyl (C=O) groups is 7.